The molecule has 6 heteroatoms. The average molecular weight is 316 g/mol. The Morgan fingerprint density at radius 3 is 2.80 bits per heavy atom. The summed E-state index contributed by atoms with van der Waals surface area (Å²) in [5.74, 6) is 0.556. The van der Waals surface area contributed by atoms with Crippen LogP contribution in [0.5, 0.6) is 0 Å². The van der Waals surface area contributed by atoms with Gasteiger partial charge in [0.1, 0.15) is 4.88 Å². The summed E-state index contributed by atoms with van der Waals surface area (Å²) in [5.41, 5.74) is 0.630. The largest absolute Gasteiger partial charge is 0.334 e. The minimum atomic E-state index is -0.166. The normalized spacial score (nSPS) is 20.8. The number of carbonyl (C=O) groups excluding carboxylic acids is 1. The number of amides is 1. The van der Waals surface area contributed by atoms with Crippen molar-refractivity contribution in [3.8, 4) is 0 Å². The van der Waals surface area contributed by atoms with Gasteiger partial charge in [0.2, 0.25) is 0 Å². The minimum absolute atomic E-state index is 0.0532. The van der Waals surface area contributed by atoms with E-state index >= 15 is 0 Å². The Kier molecular flexibility index (Phi) is 5.02. The van der Waals surface area contributed by atoms with Gasteiger partial charge in [0.15, 0.2) is 0 Å². The van der Waals surface area contributed by atoms with Gasteiger partial charge in [0, 0.05) is 23.9 Å². The summed E-state index contributed by atoms with van der Waals surface area (Å²) in [4.78, 5) is 15.5. The third-order valence-corrected chi connectivity index (χ3v) is 4.78. The molecule has 0 aromatic carbocycles. The Morgan fingerprint density at radius 1 is 1.40 bits per heavy atom. The highest BCUT2D eigenvalue weighted by Crippen LogP contribution is 2.28. The molecule has 0 saturated carbocycles. The molecular weight excluding hydrogens is 294 g/mol. The fourth-order valence-corrected chi connectivity index (χ4v) is 3.71. The second kappa shape index (κ2) is 6.39. The predicted octanol–water partition coefficient (Wildman–Crippen LogP) is 3.46. The molecule has 1 aliphatic heterocycles. The molecule has 20 heavy (non-hydrogen) atoms. The molecule has 2 heterocycles. The van der Waals surface area contributed by atoms with Gasteiger partial charge in [0.25, 0.3) is 5.91 Å². The Morgan fingerprint density at radius 2 is 2.15 bits per heavy atom. The minimum Gasteiger partial charge on any atom is -0.334 e. The summed E-state index contributed by atoms with van der Waals surface area (Å²) in [6.45, 7) is 6.96. The molecule has 1 atom stereocenters. The SMILES string of the molecule is CC(C)(C)c1nnsc1C(=O)N1CCCCCC1CCl. The number of hydrogen-bond donors (Lipinski definition) is 0. The molecule has 112 valence electrons. The van der Waals surface area contributed by atoms with Crippen LogP contribution >= 0.6 is 23.1 Å². The molecule has 1 amide bonds. The molecule has 2 rings (SSSR count). The van der Waals surface area contributed by atoms with Crippen LogP contribution in [0.4, 0.5) is 0 Å². The zero-order chi connectivity index (χ0) is 14.8. The highest BCUT2D eigenvalue weighted by Gasteiger charge is 2.32. The number of alkyl halides is 1. The molecule has 1 fully saturated rings. The molecule has 0 aliphatic carbocycles. The van der Waals surface area contributed by atoms with E-state index in [1.54, 1.807) is 0 Å². The van der Waals surface area contributed by atoms with Gasteiger partial charge < -0.3 is 4.90 Å². The van der Waals surface area contributed by atoms with Crippen molar-refractivity contribution in [2.75, 3.05) is 12.4 Å². The maximum atomic E-state index is 12.8. The quantitative estimate of drug-likeness (QED) is 0.785. The smallest absolute Gasteiger partial charge is 0.267 e. The maximum Gasteiger partial charge on any atom is 0.267 e. The Bertz CT molecular complexity index is 469. The van der Waals surface area contributed by atoms with E-state index in [1.165, 1.54) is 18.0 Å². The molecule has 0 radical (unpaired) electrons. The highest BCUT2D eigenvalue weighted by molar-refractivity contribution is 7.08. The van der Waals surface area contributed by atoms with Crippen LogP contribution in [0.15, 0.2) is 0 Å². The lowest BCUT2D eigenvalue weighted by atomic mass is 9.91. The molecule has 1 aromatic rings. The summed E-state index contributed by atoms with van der Waals surface area (Å²) in [5, 5.41) is 4.17. The van der Waals surface area contributed by atoms with E-state index in [1.807, 2.05) is 4.90 Å². The molecule has 0 bridgehead atoms. The molecule has 0 spiro atoms. The van der Waals surface area contributed by atoms with Crippen molar-refractivity contribution in [2.45, 2.75) is 57.9 Å². The third kappa shape index (κ3) is 3.31. The van der Waals surface area contributed by atoms with E-state index in [0.717, 1.165) is 31.5 Å². The van der Waals surface area contributed by atoms with E-state index in [2.05, 4.69) is 30.4 Å². The van der Waals surface area contributed by atoms with Crippen LogP contribution < -0.4 is 0 Å². The summed E-state index contributed by atoms with van der Waals surface area (Å²) in [7, 11) is 0. The molecule has 1 aromatic heterocycles. The van der Waals surface area contributed by atoms with Crippen molar-refractivity contribution >= 4 is 29.0 Å². The van der Waals surface area contributed by atoms with Crippen molar-refractivity contribution in [2.24, 2.45) is 0 Å². The van der Waals surface area contributed by atoms with Crippen LogP contribution in [0.25, 0.3) is 0 Å². The first-order valence-electron chi connectivity index (χ1n) is 7.15. The first-order valence-corrected chi connectivity index (χ1v) is 8.45. The van der Waals surface area contributed by atoms with Gasteiger partial charge >= 0.3 is 0 Å². The summed E-state index contributed by atoms with van der Waals surface area (Å²) < 4.78 is 3.99. The van der Waals surface area contributed by atoms with Gasteiger partial charge in [-0.1, -0.05) is 38.1 Å². The fraction of sp³-hybridized carbons (Fsp3) is 0.786. The monoisotopic (exact) mass is 315 g/mol. The first kappa shape index (κ1) is 15.7. The lowest BCUT2D eigenvalue weighted by molar-refractivity contribution is 0.0702. The van der Waals surface area contributed by atoms with Crippen LogP contribution in [-0.4, -0.2) is 38.9 Å². The molecule has 4 nitrogen and oxygen atoms in total. The van der Waals surface area contributed by atoms with E-state index in [9.17, 15) is 4.79 Å². The molecule has 1 unspecified atom stereocenters. The zero-order valence-electron chi connectivity index (χ0n) is 12.4. The Hall–Kier alpha value is -0.680. The standard InChI is InChI=1S/C14H22ClN3OS/c1-14(2,3)12-11(20-17-16-12)13(19)18-8-6-4-5-7-10(18)9-15/h10H,4-9H2,1-3H3. The number of rotatable bonds is 2. The zero-order valence-corrected chi connectivity index (χ0v) is 13.9. The molecule has 1 aliphatic rings. The van der Waals surface area contributed by atoms with Gasteiger partial charge in [-0.3, -0.25) is 4.79 Å². The first-order chi connectivity index (χ1) is 9.45. The van der Waals surface area contributed by atoms with Gasteiger partial charge in [-0.2, -0.15) is 0 Å². The highest BCUT2D eigenvalue weighted by atomic mass is 35.5. The van der Waals surface area contributed by atoms with Gasteiger partial charge in [-0.25, -0.2) is 0 Å². The third-order valence-electron chi connectivity index (χ3n) is 3.71. The topological polar surface area (TPSA) is 46.1 Å². The van der Waals surface area contributed by atoms with Gasteiger partial charge in [0.05, 0.1) is 5.69 Å². The molecular formula is C14H22ClN3OS. The van der Waals surface area contributed by atoms with Crippen LogP contribution in [0, 0.1) is 0 Å². The van der Waals surface area contributed by atoms with Crippen LogP contribution in [-0.2, 0) is 5.41 Å². The van der Waals surface area contributed by atoms with Crippen molar-refractivity contribution in [3.05, 3.63) is 10.6 Å². The second-order valence-electron chi connectivity index (χ2n) is 6.36. The van der Waals surface area contributed by atoms with E-state index in [4.69, 9.17) is 11.6 Å². The molecule has 0 N–H and O–H groups in total. The number of likely N-dealkylation sites (tertiary alicyclic amines) is 1. The number of hydrogen-bond acceptors (Lipinski definition) is 4. The summed E-state index contributed by atoms with van der Waals surface area (Å²) >= 11 is 7.26. The summed E-state index contributed by atoms with van der Waals surface area (Å²) in [6.07, 6.45) is 4.36. The molecule has 1 saturated heterocycles. The van der Waals surface area contributed by atoms with E-state index in [0.29, 0.717) is 10.8 Å². The number of halogens is 1. The van der Waals surface area contributed by atoms with Crippen molar-refractivity contribution in [3.63, 3.8) is 0 Å². The van der Waals surface area contributed by atoms with Crippen LogP contribution in [0.1, 0.15) is 61.8 Å². The van der Waals surface area contributed by atoms with Crippen molar-refractivity contribution in [1.82, 2.24) is 14.5 Å². The van der Waals surface area contributed by atoms with Crippen molar-refractivity contribution < 1.29 is 4.79 Å². The van der Waals surface area contributed by atoms with Crippen LogP contribution in [0.3, 0.4) is 0 Å². The second-order valence-corrected chi connectivity index (χ2v) is 7.42. The van der Waals surface area contributed by atoms with Gasteiger partial charge in [-0.15, -0.1) is 16.7 Å². The number of aromatic nitrogens is 2. The lowest BCUT2D eigenvalue weighted by Crippen LogP contribution is -2.41. The van der Waals surface area contributed by atoms with Crippen molar-refractivity contribution in [1.29, 1.82) is 0 Å². The fourth-order valence-electron chi connectivity index (χ4n) is 2.56. The predicted molar refractivity (Wildman–Crippen MR) is 82.6 cm³/mol. The van der Waals surface area contributed by atoms with E-state index in [-0.39, 0.29) is 17.4 Å². The Labute approximate surface area is 129 Å². The van der Waals surface area contributed by atoms with Crippen LogP contribution in [0.2, 0.25) is 0 Å². The van der Waals surface area contributed by atoms with E-state index < -0.39 is 0 Å². The number of nitrogens with zero attached hydrogens (tertiary/aromatic N) is 3. The lowest BCUT2D eigenvalue weighted by Gasteiger charge is -2.29. The average Bonchev–Trinajstić information content (AvgIpc) is 2.77. The number of carbonyl (C=O) groups is 1. The summed E-state index contributed by atoms with van der Waals surface area (Å²) in [6, 6.07) is 0.140. The Balaban J connectivity index is 2.28. The maximum absolute atomic E-state index is 12.8. The van der Waals surface area contributed by atoms with Gasteiger partial charge in [-0.05, 0) is 24.4 Å².